The van der Waals surface area contributed by atoms with E-state index >= 15 is 0 Å². The molecule has 4 rings (SSSR count). The van der Waals surface area contributed by atoms with E-state index in [0.717, 1.165) is 16.9 Å². The first-order chi connectivity index (χ1) is 15.8. The molecule has 2 heterocycles. The third-order valence-electron chi connectivity index (χ3n) is 5.14. The molecule has 0 radical (unpaired) electrons. The van der Waals surface area contributed by atoms with Crippen molar-refractivity contribution in [2.45, 2.75) is 33.9 Å². The fourth-order valence-electron chi connectivity index (χ4n) is 3.38. The highest BCUT2D eigenvalue weighted by Gasteiger charge is 2.22. The summed E-state index contributed by atoms with van der Waals surface area (Å²) in [5.74, 6) is 0.707. The number of carbonyl (C=O) groups is 1. The zero-order valence-corrected chi connectivity index (χ0v) is 19.9. The maximum Gasteiger partial charge on any atom is 0.279 e. The number of benzene rings is 2. The minimum absolute atomic E-state index is 0.118. The highest BCUT2D eigenvalue weighted by molar-refractivity contribution is 9.10. The molecule has 170 valence electrons. The molecule has 0 bridgehead atoms. The van der Waals surface area contributed by atoms with Crippen molar-refractivity contribution < 1.29 is 18.4 Å². The second kappa shape index (κ2) is 9.58. The zero-order valence-electron chi connectivity index (χ0n) is 18.4. The van der Waals surface area contributed by atoms with E-state index in [1.165, 1.54) is 10.7 Å². The molecular formula is C24H22BrFN4O3. The van der Waals surface area contributed by atoms with Gasteiger partial charge in [0.05, 0.1) is 16.6 Å². The number of hydrogen-bond acceptors (Lipinski definition) is 5. The maximum absolute atomic E-state index is 13.9. The van der Waals surface area contributed by atoms with E-state index in [4.69, 9.17) is 9.26 Å². The highest BCUT2D eigenvalue weighted by atomic mass is 79.9. The molecular weight excluding hydrogens is 491 g/mol. The second-order valence-corrected chi connectivity index (χ2v) is 8.55. The summed E-state index contributed by atoms with van der Waals surface area (Å²) in [4.78, 5) is 12.9. The molecule has 0 unspecified atom stereocenters. The number of ether oxygens (including phenoxy) is 1. The first-order valence-corrected chi connectivity index (χ1v) is 11.0. The van der Waals surface area contributed by atoms with Crippen LogP contribution in [-0.2, 0) is 13.2 Å². The lowest BCUT2D eigenvalue weighted by molar-refractivity contribution is 0.101. The Morgan fingerprint density at radius 2 is 2.00 bits per heavy atom. The van der Waals surface area contributed by atoms with Crippen molar-refractivity contribution in [1.82, 2.24) is 14.9 Å². The van der Waals surface area contributed by atoms with Crippen LogP contribution in [0, 0.1) is 26.6 Å². The van der Waals surface area contributed by atoms with Gasteiger partial charge in [-0.25, -0.2) is 4.39 Å². The van der Waals surface area contributed by atoms with E-state index in [0.29, 0.717) is 27.2 Å². The maximum atomic E-state index is 13.9. The normalized spacial score (nSPS) is 10.9. The molecule has 2 aromatic heterocycles. The topological polar surface area (TPSA) is 82.2 Å². The van der Waals surface area contributed by atoms with E-state index in [2.05, 4.69) is 31.5 Å². The Labute approximate surface area is 198 Å². The molecule has 9 heteroatoms. The van der Waals surface area contributed by atoms with Crippen molar-refractivity contribution in [3.63, 3.8) is 0 Å². The van der Waals surface area contributed by atoms with Gasteiger partial charge in [0.1, 0.15) is 23.9 Å². The molecule has 33 heavy (non-hydrogen) atoms. The van der Waals surface area contributed by atoms with Gasteiger partial charge in [-0.2, -0.15) is 5.10 Å². The van der Waals surface area contributed by atoms with E-state index < -0.39 is 5.91 Å². The summed E-state index contributed by atoms with van der Waals surface area (Å²) in [5, 5.41) is 11.0. The van der Waals surface area contributed by atoms with Gasteiger partial charge in [0, 0.05) is 11.8 Å². The van der Waals surface area contributed by atoms with Crippen LogP contribution in [0.2, 0.25) is 0 Å². The van der Waals surface area contributed by atoms with Gasteiger partial charge in [-0.1, -0.05) is 41.1 Å². The van der Waals surface area contributed by atoms with Crippen LogP contribution in [0.4, 0.5) is 10.2 Å². The van der Waals surface area contributed by atoms with E-state index in [-0.39, 0.29) is 24.7 Å². The fourth-order valence-corrected chi connectivity index (χ4v) is 3.80. The summed E-state index contributed by atoms with van der Waals surface area (Å²) in [5.41, 5.74) is 3.30. The number of aryl methyl sites for hydroxylation is 3. The molecule has 0 aliphatic rings. The van der Waals surface area contributed by atoms with Gasteiger partial charge in [0.25, 0.3) is 5.91 Å². The number of nitrogens with one attached hydrogen (secondary N) is 1. The van der Waals surface area contributed by atoms with Gasteiger partial charge in [-0.05, 0) is 54.4 Å². The molecule has 4 aromatic rings. The van der Waals surface area contributed by atoms with Crippen LogP contribution in [0.1, 0.15) is 38.5 Å². The third-order valence-corrected chi connectivity index (χ3v) is 5.72. The standard InChI is InChI=1S/C24H22BrFN4O3/c1-14-8-9-21(15(2)10-14)32-13-18-16(3)33-29-22(18)24(31)27-23-19(25)12-30(28-23)11-17-6-4-5-7-20(17)26/h4-10,12H,11,13H2,1-3H3,(H,27,28,31). The van der Waals surface area contributed by atoms with Gasteiger partial charge in [0.2, 0.25) is 0 Å². The van der Waals surface area contributed by atoms with Crippen LogP contribution in [-0.4, -0.2) is 20.8 Å². The van der Waals surface area contributed by atoms with Gasteiger partial charge in [0.15, 0.2) is 11.5 Å². The number of aromatic nitrogens is 3. The van der Waals surface area contributed by atoms with Gasteiger partial charge >= 0.3 is 0 Å². The van der Waals surface area contributed by atoms with Crippen molar-refractivity contribution in [3.8, 4) is 5.75 Å². The molecule has 0 aliphatic carbocycles. The smallest absolute Gasteiger partial charge is 0.279 e. The van der Waals surface area contributed by atoms with Crippen LogP contribution in [0.5, 0.6) is 5.75 Å². The average molecular weight is 513 g/mol. The first kappa shape index (κ1) is 22.7. The van der Waals surface area contributed by atoms with Crippen molar-refractivity contribution in [2.24, 2.45) is 0 Å². The zero-order chi connectivity index (χ0) is 23.5. The van der Waals surface area contributed by atoms with E-state index in [9.17, 15) is 9.18 Å². The number of hydrogen-bond donors (Lipinski definition) is 1. The predicted molar refractivity (Wildman–Crippen MR) is 125 cm³/mol. The Balaban J connectivity index is 1.48. The first-order valence-electron chi connectivity index (χ1n) is 10.2. The van der Waals surface area contributed by atoms with Crippen molar-refractivity contribution >= 4 is 27.7 Å². The predicted octanol–water partition coefficient (Wildman–Crippen LogP) is 5.58. The minimum atomic E-state index is -0.483. The molecule has 1 amide bonds. The quantitative estimate of drug-likeness (QED) is 0.349. The van der Waals surface area contributed by atoms with Crippen LogP contribution >= 0.6 is 15.9 Å². The SMILES string of the molecule is Cc1ccc(OCc2c(C(=O)Nc3nn(Cc4ccccc4F)cc3Br)noc2C)c(C)c1. The molecule has 1 N–H and O–H groups in total. The number of nitrogens with zero attached hydrogens (tertiary/aromatic N) is 3. The van der Waals surface area contributed by atoms with Crippen LogP contribution < -0.4 is 10.1 Å². The summed E-state index contributed by atoms with van der Waals surface area (Å²) < 4.78 is 27.2. The summed E-state index contributed by atoms with van der Waals surface area (Å²) in [6.07, 6.45) is 1.67. The third kappa shape index (κ3) is 5.14. The summed E-state index contributed by atoms with van der Waals surface area (Å²) in [6.45, 7) is 6.05. The number of halogens is 2. The number of amides is 1. The summed E-state index contributed by atoms with van der Waals surface area (Å²) >= 11 is 3.39. The molecule has 0 saturated heterocycles. The van der Waals surface area contributed by atoms with Crippen LogP contribution in [0.15, 0.2) is 57.7 Å². The number of anilines is 1. The van der Waals surface area contributed by atoms with Gasteiger partial charge < -0.3 is 14.6 Å². The average Bonchev–Trinajstić information content (AvgIpc) is 3.31. The van der Waals surface area contributed by atoms with E-state index in [1.54, 1.807) is 31.3 Å². The van der Waals surface area contributed by atoms with Crippen molar-refractivity contribution in [1.29, 1.82) is 0 Å². The molecule has 0 fully saturated rings. The Bertz CT molecular complexity index is 1320. The number of rotatable bonds is 7. The summed E-state index contributed by atoms with van der Waals surface area (Å²) in [7, 11) is 0. The second-order valence-electron chi connectivity index (χ2n) is 7.69. The van der Waals surface area contributed by atoms with Crippen LogP contribution in [0.25, 0.3) is 0 Å². The molecule has 0 aliphatic heterocycles. The van der Waals surface area contributed by atoms with Gasteiger partial charge in [-0.3, -0.25) is 9.48 Å². The van der Waals surface area contributed by atoms with Crippen molar-refractivity contribution in [2.75, 3.05) is 5.32 Å². The fraction of sp³-hybridized carbons (Fsp3) is 0.208. The number of carbonyl (C=O) groups excluding carboxylic acids is 1. The molecule has 0 spiro atoms. The lowest BCUT2D eigenvalue weighted by atomic mass is 10.1. The molecule has 0 saturated carbocycles. The summed E-state index contributed by atoms with van der Waals surface area (Å²) in [6, 6.07) is 12.4. The highest BCUT2D eigenvalue weighted by Crippen LogP contribution is 2.25. The lowest BCUT2D eigenvalue weighted by Crippen LogP contribution is -2.16. The van der Waals surface area contributed by atoms with E-state index in [1.807, 2.05) is 32.0 Å². The molecule has 2 aromatic carbocycles. The molecule has 7 nitrogen and oxygen atoms in total. The Kier molecular flexibility index (Phi) is 6.60. The minimum Gasteiger partial charge on any atom is -0.488 e. The Hall–Kier alpha value is -3.46. The monoisotopic (exact) mass is 512 g/mol. The van der Waals surface area contributed by atoms with Gasteiger partial charge in [-0.15, -0.1) is 0 Å². The Morgan fingerprint density at radius 3 is 2.76 bits per heavy atom. The largest absolute Gasteiger partial charge is 0.488 e. The van der Waals surface area contributed by atoms with Crippen LogP contribution in [0.3, 0.4) is 0 Å². The molecule has 0 atom stereocenters. The van der Waals surface area contributed by atoms with Crippen molar-refractivity contribution in [3.05, 3.63) is 92.7 Å². The Morgan fingerprint density at radius 1 is 1.21 bits per heavy atom. The lowest BCUT2D eigenvalue weighted by Gasteiger charge is -2.10.